The number of fused-ring (bicyclic) bond motifs is 1. The highest BCUT2D eigenvalue weighted by molar-refractivity contribution is 7.88. The highest BCUT2D eigenvalue weighted by Crippen LogP contribution is 2.20. The van der Waals surface area contributed by atoms with E-state index in [4.69, 9.17) is 9.15 Å². The third kappa shape index (κ3) is 3.77. The van der Waals surface area contributed by atoms with E-state index in [1.807, 2.05) is 13.0 Å². The quantitative estimate of drug-likeness (QED) is 0.891. The molecule has 8 heteroatoms. The highest BCUT2D eigenvalue weighted by atomic mass is 32.2. The minimum atomic E-state index is -3.24. The molecule has 1 atom stereocenters. The number of hydrogen-bond donors (Lipinski definition) is 1. The number of nitrogens with zero attached hydrogens (tertiary/aromatic N) is 1. The second-order valence-corrected chi connectivity index (χ2v) is 7.92. The van der Waals surface area contributed by atoms with Gasteiger partial charge in [0.25, 0.3) is 5.91 Å². The molecule has 0 radical (unpaired) electrons. The van der Waals surface area contributed by atoms with Crippen LogP contribution in [0.3, 0.4) is 0 Å². The van der Waals surface area contributed by atoms with Gasteiger partial charge in [0.05, 0.1) is 19.0 Å². The first-order valence-electron chi connectivity index (χ1n) is 7.68. The van der Waals surface area contributed by atoms with Gasteiger partial charge in [0.2, 0.25) is 10.0 Å². The number of hydrogen-bond acceptors (Lipinski definition) is 5. The summed E-state index contributed by atoms with van der Waals surface area (Å²) in [5, 5.41) is 3.67. The third-order valence-electron chi connectivity index (χ3n) is 3.96. The summed E-state index contributed by atoms with van der Waals surface area (Å²) in [4.78, 5) is 12.3. The molecule has 1 unspecified atom stereocenters. The van der Waals surface area contributed by atoms with Crippen LogP contribution < -0.4 is 5.32 Å². The van der Waals surface area contributed by atoms with Gasteiger partial charge in [0.1, 0.15) is 11.3 Å². The standard InChI is InChI=1S/C16H20N2O5S/c1-11-7-13-8-12(3-4-15(13)23-11)16(19)17-9-14-10-18(5-6-22-14)24(2,20)21/h3-4,7-8,14H,5-6,9-10H2,1-2H3,(H,17,19). The molecule has 1 aromatic carbocycles. The molecule has 0 spiro atoms. The minimum Gasteiger partial charge on any atom is -0.461 e. The van der Waals surface area contributed by atoms with Crippen molar-refractivity contribution in [2.75, 3.05) is 32.5 Å². The number of morpholine rings is 1. The summed E-state index contributed by atoms with van der Waals surface area (Å²) in [7, 11) is -3.24. The van der Waals surface area contributed by atoms with Crippen molar-refractivity contribution in [1.82, 2.24) is 9.62 Å². The number of amides is 1. The van der Waals surface area contributed by atoms with Crippen LogP contribution in [0.1, 0.15) is 16.1 Å². The number of ether oxygens (including phenoxy) is 1. The fourth-order valence-corrected chi connectivity index (χ4v) is 3.59. The molecule has 130 valence electrons. The molecule has 1 aliphatic heterocycles. The maximum atomic E-state index is 12.3. The molecule has 1 fully saturated rings. The summed E-state index contributed by atoms with van der Waals surface area (Å²) in [6, 6.07) is 7.11. The Bertz CT molecular complexity index is 858. The van der Waals surface area contributed by atoms with Gasteiger partial charge in [-0.05, 0) is 31.2 Å². The summed E-state index contributed by atoms with van der Waals surface area (Å²) in [5.74, 6) is 0.565. The smallest absolute Gasteiger partial charge is 0.251 e. The van der Waals surface area contributed by atoms with E-state index >= 15 is 0 Å². The predicted molar refractivity (Wildman–Crippen MR) is 89.4 cm³/mol. The summed E-state index contributed by atoms with van der Waals surface area (Å²) < 4.78 is 35.6. The van der Waals surface area contributed by atoms with Crippen LogP contribution in [0.25, 0.3) is 11.0 Å². The van der Waals surface area contributed by atoms with Crippen molar-refractivity contribution in [3.05, 3.63) is 35.6 Å². The zero-order valence-corrected chi connectivity index (χ0v) is 14.4. The van der Waals surface area contributed by atoms with E-state index in [-0.39, 0.29) is 25.1 Å². The Morgan fingerprint density at radius 2 is 2.17 bits per heavy atom. The Balaban J connectivity index is 1.62. The second kappa shape index (κ2) is 6.54. The molecule has 1 N–H and O–H groups in total. The fraction of sp³-hybridized carbons (Fsp3) is 0.438. The van der Waals surface area contributed by atoms with Crippen LogP contribution in [0.4, 0.5) is 0 Å². The Labute approximate surface area is 140 Å². The molecule has 7 nitrogen and oxygen atoms in total. The van der Waals surface area contributed by atoms with Crippen molar-refractivity contribution in [2.45, 2.75) is 13.0 Å². The number of nitrogens with one attached hydrogen (secondary N) is 1. The Morgan fingerprint density at radius 1 is 1.38 bits per heavy atom. The molecule has 0 bridgehead atoms. The highest BCUT2D eigenvalue weighted by Gasteiger charge is 2.26. The average Bonchev–Trinajstić information content (AvgIpc) is 2.91. The van der Waals surface area contributed by atoms with Crippen LogP contribution in [-0.4, -0.2) is 57.2 Å². The topological polar surface area (TPSA) is 88.9 Å². The van der Waals surface area contributed by atoms with Gasteiger partial charge in [-0.15, -0.1) is 0 Å². The molecule has 3 rings (SSSR count). The number of furan rings is 1. The minimum absolute atomic E-state index is 0.226. The van der Waals surface area contributed by atoms with Crippen LogP contribution in [-0.2, 0) is 14.8 Å². The maximum Gasteiger partial charge on any atom is 0.251 e. The van der Waals surface area contributed by atoms with E-state index in [2.05, 4.69) is 5.32 Å². The molecule has 1 saturated heterocycles. The van der Waals surface area contributed by atoms with E-state index in [1.54, 1.807) is 18.2 Å². The van der Waals surface area contributed by atoms with Crippen molar-refractivity contribution in [1.29, 1.82) is 0 Å². The molecule has 1 amide bonds. The number of rotatable bonds is 4. The molecule has 1 aromatic heterocycles. The van der Waals surface area contributed by atoms with E-state index in [0.717, 1.165) is 16.7 Å². The molecule has 24 heavy (non-hydrogen) atoms. The van der Waals surface area contributed by atoms with Crippen molar-refractivity contribution >= 4 is 26.9 Å². The molecule has 1 aliphatic rings. The van der Waals surface area contributed by atoms with Gasteiger partial charge in [-0.25, -0.2) is 8.42 Å². The molecule has 0 saturated carbocycles. The first kappa shape index (κ1) is 16.9. The lowest BCUT2D eigenvalue weighted by molar-refractivity contribution is 0.000439. The molecule has 2 aromatic rings. The molecular formula is C16H20N2O5S. The lowest BCUT2D eigenvalue weighted by Gasteiger charge is -2.31. The van der Waals surface area contributed by atoms with Crippen LogP contribution in [0.2, 0.25) is 0 Å². The van der Waals surface area contributed by atoms with E-state index in [9.17, 15) is 13.2 Å². The SMILES string of the molecule is Cc1cc2cc(C(=O)NCC3CN(S(C)(=O)=O)CCO3)ccc2o1. The van der Waals surface area contributed by atoms with E-state index in [1.165, 1.54) is 10.6 Å². The fourth-order valence-electron chi connectivity index (χ4n) is 2.74. The molecule has 2 heterocycles. The number of sulfonamides is 1. The summed E-state index contributed by atoms with van der Waals surface area (Å²) >= 11 is 0. The Kier molecular flexibility index (Phi) is 4.62. The Morgan fingerprint density at radius 3 is 2.92 bits per heavy atom. The molecular weight excluding hydrogens is 332 g/mol. The lowest BCUT2D eigenvalue weighted by Crippen LogP contribution is -2.49. The van der Waals surface area contributed by atoms with Gasteiger partial charge in [-0.3, -0.25) is 4.79 Å². The van der Waals surface area contributed by atoms with Gasteiger partial charge in [0.15, 0.2) is 0 Å². The van der Waals surface area contributed by atoms with Crippen LogP contribution in [0, 0.1) is 6.92 Å². The number of aryl methyl sites for hydroxylation is 1. The average molecular weight is 352 g/mol. The predicted octanol–water partition coefficient (Wildman–Crippen LogP) is 1.13. The van der Waals surface area contributed by atoms with Crippen LogP contribution in [0.15, 0.2) is 28.7 Å². The van der Waals surface area contributed by atoms with Crippen molar-refractivity contribution in [3.8, 4) is 0 Å². The van der Waals surface area contributed by atoms with Crippen molar-refractivity contribution < 1.29 is 22.4 Å². The summed E-state index contributed by atoms with van der Waals surface area (Å²) in [6.07, 6.45) is 0.827. The van der Waals surface area contributed by atoms with E-state index in [0.29, 0.717) is 18.7 Å². The lowest BCUT2D eigenvalue weighted by atomic mass is 10.1. The largest absolute Gasteiger partial charge is 0.461 e. The van der Waals surface area contributed by atoms with Gasteiger partial charge in [-0.2, -0.15) is 4.31 Å². The van der Waals surface area contributed by atoms with Crippen molar-refractivity contribution in [2.24, 2.45) is 0 Å². The zero-order valence-electron chi connectivity index (χ0n) is 13.6. The van der Waals surface area contributed by atoms with Gasteiger partial charge in [-0.1, -0.05) is 0 Å². The second-order valence-electron chi connectivity index (χ2n) is 5.93. The third-order valence-corrected chi connectivity index (χ3v) is 5.23. The monoisotopic (exact) mass is 352 g/mol. The van der Waals surface area contributed by atoms with Gasteiger partial charge in [0, 0.05) is 30.6 Å². The summed E-state index contributed by atoms with van der Waals surface area (Å²) in [6.45, 7) is 3.04. The number of carbonyl (C=O) groups excluding carboxylic acids is 1. The first-order chi connectivity index (χ1) is 11.3. The normalized spacial score (nSPS) is 19.5. The number of benzene rings is 1. The van der Waals surface area contributed by atoms with Crippen molar-refractivity contribution in [3.63, 3.8) is 0 Å². The van der Waals surface area contributed by atoms with E-state index < -0.39 is 10.0 Å². The zero-order chi connectivity index (χ0) is 17.3. The maximum absolute atomic E-state index is 12.3. The number of carbonyl (C=O) groups is 1. The van der Waals surface area contributed by atoms with Gasteiger partial charge >= 0.3 is 0 Å². The molecule has 0 aliphatic carbocycles. The van der Waals surface area contributed by atoms with Crippen LogP contribution >= 0.6 is 0 Å². The first-order valence-corrected chi connectivity index (χ1v) is 9.53. The van der Waals surface area contributed by atoms with Crippen LogP contribution in [0.5, 0.6) is 0 Å². The van der Waals surface area contributed by atoms with Gasteiger partial charge < -0.3 is 14.5 Å². The Hall–Kier alpha value is -1.90. The summed E-state index contributed by atoms with van der Waals surface area (Å²) in [5.41, 5.74) is 1.27.